The first-order chi connectivity index (χ1) is 28.6. The third-order valence-electron chi connectivity index (χ3n) is 12.5. The predicted octanol–water partition coefficient (Wildman–Crippen LogP) is 15.9. The van der Waals surface area contributed by atoms with Gasteiger partial charge in [-0.2, -0.15) is 0 Å². The van der Waals surface area contributed by atoms with Crippen molar-refractivity contribution in [3.05, 3.63) is 223 Å². The van der Waals surface area contributed by atoms with Gasteiger partial charge >= 0.3 is 0 Å². The minimum absolute atomic E-state index is 0.150. The van der Waals surface area contributed by atoms with Crippen LogP contribution < -0.4 is 4.90 Å². The number of fused-ring (bicyclic) bond motifs is 7. The van der Waals surface area contributed by atoms with Crippen LogP contribution >= 0.6 is 0 Å². The van der Waals surface area contributed by atoms with Crippen molar-refractivity contribution in [2.45, 2.75) is 19.3 Å². The molecule has 10 aromatic rings. The number of rotatable bonds is 6. The minimum atomic E-state index is -0.150. The van der Waals surface area contributed by atoms with Gasteiger partial charge in [-0.1, -0.05) is 202 Å². The summed E-state index contributed by atoms with van der Waals surface area (Å²) in [4.78, 5) is 2.54. The third-order valence-corrected chi connectivity index (χ3v) is 12.5. The molecule has 0 atom stereocenters. The van der Waals surface area contributed by atoms with Crippen molar-refractivity contribution < 1.29 is 0 Å². The first kappa shape index (κ1) is 34.1. The summed E-state index contributed by atoms with van der Waals surface area (Å²) < 4.78 is 0. The van der Waals surface area contributed by atoms with Crippen LogP contribution in [-0.4, -0.2) is 0 Å². The Morgan fingerprint density at radius 3 is 1.57 bits per heavy atom. The first-order valence-electron chi connectivity index (χ1n) is 20.3. The molecule has 0 fully saturated rings. The molecule has 0 heterocycles. The molecular formula is C57H41N. The average molecular weight is 740 g/mol. The third kappa shape index (κ3) is 5.31. The van der Waals surface area contributed by atoms with Gasteiger partial charge in [0.2, 0.25) is 0 Å². The Morgan fingerprint density at radius 2 is 0.828 bits per heavy atom. The molecule has 0 N–H and O–H groups in total. The van der Waals surface area contributed by atoms with E-state index in [9.17, 15) is 0 Å². The van der Waals surface area contributed by atoms with E-state index >= 15 is 0 Å². The summed E-state index contributed by atoms with van der Waals surface area (Å²) in [7, 11) is 0. The molecule has 1 heteroatoms. The quantitative estimate of drug-likeness (QED) is 0.154. The molecule has 0 saturated carbocycles. The van der Waals surface area contributed by atoms with Gasteiger partial charge < -0.3 is 4.90 Å². The molecule has 0 unspecified atom stereocenters. The Balaban J connectivity index is 1.22. The number of hydrogen-bond donors (Lipinski definition) is 0. The highest BCUT2D eigenvalue weighted by molar-refractivity contribution is 6.24. The standard InChI is InChI=1S/C57H41N/c1-57(2)53-30-15-14-26-48(53)49-36-35-42(37-54(49)57)58(41-33-31-40(32-34-41)44-22-9-8-21-43(44)38-17-4-3-5-18-38)56-52-28-13-11-25-47(52)46-24-10-12-27-51(46)55(56)50-29-16-20-39-19-6-7-23-45(39)50/h3-37H,1-2H3. The molecule has 1 aliphatic rings. The Hall–Kier alpha value is -7.22. The Labute approximate surface area is 340 Å². The molecular weight excluding hydrogens is 699 g/mol. The lowest BCUT2D eigenvalue weighted by Crippen LogP contribution is -2.17. The Bertz CT molecular complexity index is 3180. The topological polar surface area (TPSA) is 3.24 Å². The summed E-state index contributed by atoms with van der Waals surface area (Å²) in [5.41, 5.74) is 15.9. The van der Waals surface area contributed by atoms with Gasteiger partial charge in [-0.15, -0.1) is 0 Å². The van der Waals surface area contributed by atoms with Crippen LogP contribution in [0.1, 0.15) is 25.0 Å². The lowest BCUT2D eigenvalue weighted by molar-refractivity contribution is 0.660. The van der Waals surface area contributed by atoms with Crippen molar-refractivity contribution in [1.29, 1.82) is 0 Å². The van der Waals surface area contributed by atoms with Crippen LogP contribution in [0.5, 0.6) is 0 Å². The molecule has 0 saturated heterocycles. The van der Waals surface area contributed by atoms with Crippen molar-refractivity contribution in [3.63, 3.8) is 0 Å². The van der Waals surface area contributed by atoms with Gasteiger partial charge in [0, 0.05) is 27.7 Å². The van der Waals surface area contributed by atoms with Crippen molar-refractivity contribution >= 4 is 49.4 Å². The summed E-state index contributed by atoms with van der Waals surface area (Å²) in [6.45, 7) is 4.75. The minimum Gasteiger partial charge on any atom is -0.309 e. The van der Waals surface area contributed by atoms with E-state index in [1.54, 1.807) is 0 Å². The van der Waals surface area contributed by atoms with Gasteiger partial charge in [-0.05, 0) is 101 Å². The van der Waals surface area contributed by atoms with Gasteiger partial charge in [-0.25, -0.2) is 0 Å². The Morgan fingerprint density at radius 1 is 0.328 bits per heavy atom. The van der Waals surface area contributed by atoms with Crippen molar-refractivity contribution in [1.82, 2.24) is 0 Å². The molecule has 1 aliphatic carbocycles. The maximum absolute atomic E-state index is 2.54. The Kier molecular flexibility index (Phi) is 7.91. The highest BCUT2D eigenvalue weighted by atomic mass is 15.1. The molecule has 10 aromatic carbocycles. The van der Waals surface area contributed by atoms with E-state index in [0.29, 0.717) is 0 Å². The highest BCUT2D eigenvalue weighted by Crippen LogP contribution is 2.54. The van der Waals surface area contributed by atoms with Crippen molar-refractivity contribution in [2.24, 2.45) is 0 Å². The van der Waals surface area contributed by atoms with Crippen LogP contribution in [0.3, 0.4) is 0 Å². The molecule has 11 rings (SSSR count). The van der Waals surface area contributed by atoms with Crippen LogP contribution in [0.15, 0.2) is 212 Å². The smallest absolute Gasteiger partial charge is 0.0625 e. The lowest BCUT2D eigenvalue weighted by atomic mass is 9.82. The van der Waals surface area contributed by atoms with Crippen molar-refractivity contribution in [2.75, 3.05) is 4.90 Å². The second-order valence-electron chi connectivity index (χ2n) is 16.0. The van der Waals surface area contributed by atoms with Gasteiger partial charge in [0.05, 0.1) is 5.69 Å². The summed E-state index contributed by atoms with van der Waals surface area (Å²) in [6.07, 6.45) is 0. The second kappa shape index (κ2) is 13.5. The highest BCUT2D eigenvalue weighted by Gasteiger charge is 2.36. The first-order valence-corrected chi connectivity index (χ1v) is 20.3. The van der Waals surface area contributed by atoms with Crippen LogP contribution in [0.25, 0.3) is 76.8 Å². The van der Waals surface area contributed by atoms with E-state index < -0.39 is 0 Å². The van der Waals surface area contributed by atoms with Crippen LogP contribution in [-0.2, 0) is 5.41 Å². The molecule has 0 aliphatic heterocycles. The van der Waals surface area contributed by atoms with E-state index in [4.69, 9.17) is 0 Å². The fourth-order valence-electron chi connectivity index (χ4n) is 9.70. The molecule has 1 nitrogen and oxygen atoms in total. The van der Waals surface area contributed by atoms with E-state index in [1.165, 1.54) is 93.6 Å². The molecule has 0 amide bonds. The molecule has 0 radical (unpaired) electrons. The summed E-state index contributed by atoms with van der Waals surface area (Å²) >= 11 is 0. The SMILES string of the molecule is CC1(C)c2ccccc2-c2ccc(N(c3ccc(-c4ccccc4-c4ccccc4)cc3)c3c(-c4cccc5ccccc45)c4ccccc4c4ccccc34)cc21. The number of anilines is 3. The van der Waals surface area contributed by atoms with E-state index in [1.807, 2.05) is 0 Å². The van der Waals surface area contributed by atoms with Gasteiger partial charge in [0.1, 0.15) is 0 Å². The van der Waals surface area contributed by atoms with Crippen LogP contribution in [0, 0.1) is 0 Å². The zero-order chi connectivity index (χ0) is 38.8. The van der Waals surface area contributed by atoms with Gasteiger partial charge in [0.25, 0.3) is 0 Å². The average Bonchev–Trinajstić information content (AvgIpc) is 3.52. The molecule has 0 aromatic heterocycles. The van der Waals surface area contributed by atoms with E-state index in [0.717, 1.165) is 11.4 Å². The monoisotopic (exact) mass is 739 g/mol. The zero-order valence-corrected chi connectivity index (χ0v) is 32.7. The number of benzene rings is 10. The van der Waals surface area contributed by atoms with Gasteiger partial charge in [0.15, 0.2) is 0 Å². The normalized spacial score (nSPS) is 12.8. The molecule has 0 spiro atoms. The molecule has 0 bridgehead atoms. The van der Waals surface area contributed by atoms with Crippen LogP contribution in [0.2, 0.25) is 0 Å². The van der Waals surface area contributed by atoms with E-state index in [2.05, 4.69) is 231 Å². The zero-order valence-electron chi connectivity index (χ0n) is 32.7. The predicted molar refractivity (Wildman–Crippen MR) is 248 cm³/mol. The number of hydrogen-bond acceptors (Lipinski definition) is 1. The van der Waals surface area contributed by atoms with Gasteiger partial charge in [-0.3, -0.25) is 0 Å². The van der Waals surface area contributed by atoms with Crippen LogP contribution in [0.4, 0.5) is 17.1 Å². The fraction of sp³-hybridized carbons (Fsp3) is 0.0526. The van der Waals surface area contributed by atoms with E-state index in [-0.39, 0.29) is 5.41 Å². The summed E-state index contributed by atoms with van der Waals surface area (Å²) in [6, 6.07) is 78.3. The maximum Gasteiger partial charge on any atom is 0.0625 e. The second-order valence-corrected chi connectivity index (χ2v) is 16.0. The summed E-state index contributed by atoms with van der Waals surface area (Å²) in [5, 5.41) is 7.41. The molecule has 58 heavy (non-hydrogen) atoms. The maximum atomic E-state index is 2.54. The fourth-order valence-corrected chi connectivity index (χ4v) is 9.70. The lowest BCUT2D eigenvalue weighted by Gasteiger charge is -2.32. The number of nitrogens with zero attached hydrogens (tertiary/aromatic N) is 1. The largest absolute Gasteiger partial charge is 0.309 e. The summed E-state index contributed by atoms with van der Waals surface area (Å²) in [5.74, 6) is 0. The van der Waals surface area contributed by atoms with Crippen molar-refractivity contribution in [3.8, 4) is 44.5 Å². The molecule has 274 valence electrons.